The van der Waals surface area contributed by atoms with E-state index in [4.69, 9.17) is 14.2 Å². The zero-order chi connectivity index (χ0) is 18.8. The standard InChI is InChI=1S/C18H17N3O5S/c1-11(26-12-2-3-14-15(8-12)25-10-24-14)16(22)19-5-6-21-9-20-17-13(18(21)23)4-7-27-17/h2-4,7-9,11H,5-6,10H2,1H3,(H,19,22). The monoisotopic (exact) mass is 387 g/mol. The maximum absolute atomic E-state index is 12.3. The summed E-state index contributed by atoms with van der Waals surface area (Å²) in [5.74, 6) is 1.49. The first kappa shape index (κ1) is 17.3. The van der Waals surface area contributed by atoms with Crippen molar-refractivity contribution < 1.29 is 19.0 Å². The van der Waals surface area contributed by atoms with Crippen molar-refractivity contribution in [3.63, 3.8) is 0 Å². The summed E-state index contributed by atoms with van der Waals surface area (Å²) in [6.45, 7) is 2.47. The van der Waals surface area contributed by atoms with Gasteiger partial charge in [0.05, 0.1) is 11.7 Å². The Morgan fingerprint density at radius 3 is 3.11 bits per heavy atom. The highest BCUT2D eigenvalue weighted by atomic mass is 32.1. The Morgan fingerprint density at radius 1 is 1.37 bits per heavy atom. The van der Waals surface area contributed by atoms with E-state index >= 15 is 0 Å². The molecule has 140 valence electrons. The Bertz CT molecular complexity index is 1040. The molecular formula is C18H17N3O5S. The van der Waals surface area contributed by atoms with Gasteiger partial charge in [0.25, 0.3) is 11.5 Å². The minimum absolute atomic E-state index is 0.111. The van der Waals surface area contributed by atoms with E-state index in [9.17, 15) is 9.59 Å². The van der Waals surface area contributed by atoms with Crippen LogP contribution in [0.5, 0.6) is 17.2 Å². The normalized spacial score (nSPS) is 13.5. The molecule has 0 fully saturated rings. The summed E-state index contributed by atoms with van der Waals surface area (Å²) in [7, 11) is 0. The van der Waals surface area contributed by atoms with Gasteiger partial charge in [-0.2, -0.15) is 0 Å². The van der Waals surface area contributed by atoms with E-state index in [2.05, 4.69) is 10.3 Å². The fourth-order valence-corrected chi connectivity index (χ4v) is 3.43. The van der Waals surface area contributed by atoms with Crippen molar-refractivity contribution in [3.8, 4) is 17.2 Å². The van der Waals surface area contributed by atoms with Gasteiger partial charge in [-0.1, -0.05) is 0 Å². The lowest BCUT2D eigenvalue weighted by atomic mass is 10.3. The molecule has 1 N–H and O–H groups in total. The number of nitrogens with zero attached hydrogens (tertiary/aromatic N) is 2. The molecule has 9 heteroatoms. The third-order valence-electron chi connectivity index (χ3n) is 4.13. The lowest BCUT2D eigenvalue weighted by Gasteiger charge is -2.15. The highest BCUT2D eigenvalue weighted by Crippen LogP contribution is 2.35. The van der Waals surface area contributed by atoms with E-state index in [0.29, 0.717) is 40.6 Å². The number of benzene rings is 1. The molecule has 1 aliphatic heterocycles. The van der Waals surface area contributed by atoms with Crippen molar-refractivity contribution in [2.24, 2.45) is 0 Å². The highest BCUT2D eigenvalue weighted by molar-refractivity contribution is 7.16. The SMILES string of the molecule is CC(Oc1ccc2c(c1)OCO2)C(=O)NCCn1cnc2sccc2c1=O. The van der Waals surface area contributed by atoms with Crippen LogP contribution >= 0.6 is 11.3 Å². The Hall–Kier alpha value is -3.07. The number of rotatable bonds is 6. The Balaban J connectivity index is 1.32. The number of thiophene rings is 1. The number of aromatic nitrogens is 2. The molecule has 0 bridgehead atoms. The van der Waals surface area contributed by atoms with Crippen LogP contribution in [0.1, 0.15) is 6.92 Å². The van der Waals surface area contributed by atoms with E-state index < -0.39 is 6.10 Å². The molecule has 0 saturated carbocycles. The molecule has 3 aromatic rings. The number of nitrogens with one attached hydrogen (secondary N) is 1. The van der Waals surface area contributed by atoms with Gasteiger partial charge < -0.3 is 19.5 Å². The third-order valence-corrected chi connectivity index (χ3v) is 4.95. The van der Waals surface area contributed by atoms with Crippen molar-refractivity contribution in [2.45, 2.75) is 19.6 Å². The third kappa shape index (κ3) is 3.59. The van der Waals surface area contributed by atoms with Crippen molar-refractivity contribution in [2.75, 3.05) is 13.3 Å². The molecule has 1 atom stereocenters. The molecule has 2 aromatic heterocycles. The van der Waals surface area contributed by atoms with E-state index in [-0.39, 0.29) is 18.3 Å². The highest BCUT2D eigenvalue weighted by Gasteiger charge is 2.18. The number of hydrogen-bond acceptors (Lipinski definition) is 7. The fraction of sp³-hybridized carbons (Fsp3) is 0.278. The number of carbonyl (C=O) groups excluding carboxylic acids is 1. The van der Waals surface area contributed by atoms with Crippen LogP contribution in [-0.4, -0.2) is 34.9 Å². The van der Waals surface area contributed by atoms with Gasteiger partial charge in [0.1, 0.15) is 10.6 Å². The lowest BCUT2D eigenvalue weighted by molar-refractivity contribution is -0.127. The number of hydrogen-bond donors (Lipinski definition) is 1. The molecule has 8 nitrogen and oxygen atoms in total. The summed E-state index contributed by atoms with van der Waals surface area (Å²) >= 11 is 1.42. The predicted octanol–water partition coefficient (Wildman–Crippen LogP) is 1.77. The minimum atomic E-state index is -0.695. The maximum atomic E-state index is 12.3. The van der Waals surface area contributed by atoms with Crippen LogP contribution in [0, 0.1) is 0 Å². The van der Waals surface area contributed by atoms with Crippen LogP contribution in [0.4, 0.5) is 0 Å². The van der Waals surface area contributed by atoms with Crippen LogP contribution in [0.15, 0.2) is 40.8 Å². The average molecular weight is 387 g/mol. The van der Waals surface area contributed by atoms with Crippen molar-refractivity contribution in [1.82, 2.24) is 14.9 Å². The van der Waals surface area contributed by atoms with Crippen LogP contribution in [0.2, 0.25) is 0 Å². The quantitative estimate of drug-likeness (QED) is 0.693. The molecule has 1 amide bonds. The van der Waals surface area contributed by atoms with Crippen LogP contribution in [-0.2, 0) is 11.3 Å². The lowest BCUT2D eigenvalue weighted by Crippen LogP contribution is -2.38. The Morgan fingerprint density at radius 2 is 2.22 bits per heavy atom. The van der Waals surface area contributed by atoms with Gasteiger partial charge in [-0.3, -0.25) is 14.2 Å². The largest absolute Gasteiger partial charge is 0.481 e. The van der Waals surface area contributed by atoms with Gasteiger partial charge in [0.15, 0.2) is 17.6 Å². The van der Waals surface area contributed by atoms with Crippen LogP contribution in [0.25, 0.3) is 10.2 Å². The summed E-state index contributed by atoms with van der Waals surface area (Å²) in [5, 5.41) is 5.19. The second-order valence-electron chi connectivity index (χ2n) is 5.95. The van der Waals surface area contributed by atoms with Gasteiger partial charge in [-0.05, 0) is 30.5 Å². The number of carbonyl (C=O) groups is 1. The summed E-state index contributed by atoms with van der Waals surface area (Å²) in [4.78, 5) is 29.5. The smallest absolute Gasteiger partial charge is 0.262 e. The van der Waals surface area contributed by atoms with Gasteiger partial charge in [-0.15, -0.1) is 11.3 Å². The molecule has 0 aliphatic carbocycles. The minimum Gasteiger partial charge on any atom is -0.481 e. The van der Waals surface area contributed by atoms with Gasteiger partial charge >= 0.3 is 0 Å². The molecule has 4 rings (SSSR count). The van der Waals surface area contributed by atoms with Crippen molar-refractivity contribution in [3.05, 3.63) is 46.3 Å². The summed E-state index contributed by atoms with van der Waals surface area (Å²) in [6, 6.07) is 6.90. The van der Waals surface area contributed by atoms with Crippen LogP contribution in [0.3, 0.4) is 0 Å². The van der Waals surface area contributed by atoms with Crippen LogP contribution < -0.4 is 25.1 Å². The topological polar surface area (TPSA) is 91.7 Å². The molecule has 0 radical (unpaired) electrons. The molecule has 1 aliphatic rings. The molecule has 1 unspecified atom stereocenters. The van der Waals surface area contributed by atoms with Crippen molar-refractivity contribution in [1.29, 1.82) is 0 Å². The van der Waals surface area contributed by atoms with Crippen molar-refractivity contribution >= 4 is 27.5 Å². The molecule has 0 spiro atoms. The zero-order valence-electron chi connectivity index (χ0n) is 14.5. The first-order valence-electron chi connectivity index (χ1n) is 8.38. The van der Waals surface area contributed by atoms with E-state index in [1.807, 2.05) is 5.38 Å². The van der Waals surface area contributed by atoms with E-state index in [1.165, 1.54) is 22.2 Å². The molecule has 3 heterocycles. The second-order valence-corrected chi connectivity index (χ2v) is 6.84. The first-order valence-corrected chi connectivity index (χ1v) is 9.26. The molecular weight excluding hydrogens is 370 g/mol. The molecule has 0 saturated heterocycles. The van der Waals surface area contributed by atoms with Gasteiger partial charge in [-0.25, -0.2) is 4.98 Å². The molecule has 1 aromatic carbocycles. The Kier molecular flexibility index (Phi) is 4.68. The second kappa shape index (κ2) is 7.28. The zero-order valence-corrected chi connectivity index (χ0v) is 15.3. The number of amides is 1. The Labute approximate surface area is 158 Å². The van der Waals surface area contributed by atoms with Gasteiger partial charge in [0.2, 0.25) is 6.79 Å². The summed E-state index contributed by atoms with van der Waals surface area (Å²) < 4.78 is 17.7. The fourth-order valence-electron chi connectivity index (χ4n) is 2.70. The predicted molar refractivity (Wildman–Crippen MR) is 99.5 cm³/mol. The molecule has 27 heavy (non-hydrogen) atoms. The van der Waals surface area contributed by atoms with Gasteiger partial charge in [0, 0.05) is 19.2 Å². The summed E-state index contributed by atoms with van der Waals surface area (Å²) in [5.41, 5.74) is -0.111. The number of ether oxygens (including phenoxy) is 3. The maximum Gasteiger partial charge on any atom is 0.262 e. The summed E-state index contributed by atoms with van der Waals surface area (Å²) in [6.07, 6.45) is 0.805. The average Bonchev–Trinajstić information content (AvgIpc) is 3.32. The number of fused-ring (bicyclic) bond motifs is 2. The first-order chi connectivity index (χ1) is 13.1. The van der Waals surface area contributed by atoms with E-state index in [1.54, 1.807) is 31.2 Å². The van der Waals surface area contributed by atoms with E-state index in [0.717, 1.165) is 0 Å².